The maximum absolute atomic E-state index is 13.1. The Labute approximate surface area is 165 Å². The predicted molar refractivity (Wildman–Crippen MR) is 103 cm³/mol. The standard InChI is InChI=1S/C18H26N6O3S/c1-13-17(14(2)21(3)20-13)28(26,27)23-10-8-22(9-11-23)18(25)15-12-19-24-7-5-4-6-16(15)24/h12H,4-11H2,1-3H3. The molecule has 0 saturated carbocycles. The van der Waals surface area contributed by atoms with Gasteiger partial charge in [0.05, 0.1) is 28.8 Å². The Morgan fingerprint density at radius 2 is 1.79 bits per heavy atom. The fraction of sp³-hybridized carbons (Fsp3) is 0.611. The van der Waals surface area contributed by atoms with Crippen LogP contribution >= 0.6 is 0 Å². The Hall–Kier alpha value is -2.20. The molecule has 2 aliphatic heterocycles. The van der Waals surface area contributed by atoms with E-state index in [-0.39, 0.29) is 23.9 Å². The van der Waals surface area contributed by atoms with Crippen LogP contribution in [0.3, 0.4) is 0 Å². The van der Waals surface area contributed by atoms with Crippen LogP contribution in [0.15, 0.2) is 11.1 Å². The minimum Gasteiger partial charge on any atom is -0.336 e. The van der Waals surface area contributed by atoms with E-state index in [1.54, 1.807) is 36.7 Å². The quantitative estimate of drug-likeness (QED) is 0.749. The van der Waals surface area contributed by atoms with Crippen LogP contribution < -0.4 is 0 Å². The lowest BCUT2D eigenvalue weighted by Gasteiger charge is -2.34. The average molecular weight is 407 g/mol. The molecule has 2 aliphatic rings. The van der Waals surface area contributed by atoms with Gasteiger partial charge >= 0.3 is 0 Å². The summed E-state index contributed by atoms with van der Waals surface area (Å²) in [6.07, 6.45) is 4.69. The minimum atomic E-state index is -3.62. The van der Waals surface area contributed by atoms with Crippen LogP contribution in [0.1, 0.15) is 40.3 Å². The lowest BCUT2D eigenvalue weighted by Crippen LogP contribution is -2.50. The number of sulfonamides is 1. The van der Waals surface area contributed by atoms with Gasteiger partial charge in [0, 0.05) is 39.8 Å². The molecule has 4 heterocycles. The summed E-state index contributed by atoms with van der Waals surface area (Å²) in [5.74, 6) is -0.0473. The average Bonchev–Trinajstić information content (AvgIpc) is 3.22. The highest BCUT2D eigenvalue weighted by molar-refractivity contribution is 7.89. The first-order valence-corrected chi connectivity index (χ1v) is 11.1. The molecule has 0 atom stereocenters. The molecule has 152 valence electrons. The van der Waals surface area contributed by atoms with E-state index in [4.69, 9.17) is 0 Å². The van der Waals surface area contributed by atoms with Gasteiger partial charge in [0.15, 0.2) is 0 Å². The highest BCUT2D eigenvalue weighted by Gasteiger charge is 2.34. The van der Waals surface area contributed by atoms with Gasteiger partial charge in [-0.3, -0.25) is 14.2 Å². The molecule has 0 aliphatic carbocycles. The molecule has 1 saturated heterocycles. The van der Waals surface area contributed by atoms with Gasteiger partial charge in [0.25, 0.3) is 5.91 Å². The van der Waals surface area contributed by atoms with Crippen molar-refractivity contribution in [1.82, 2.24) is 28.8 Å². The molecule has 10 heteroatoms. The van der Waals surface area contributed by atoms with Crippen molar-refractivity contribution < 1.29 is 13.2 Å². The maximum Gasteiger partial charge on any atom is 0.257 e. The second-order valence-corrected chi connectivity index (χ2v) is 9.38. The van der Waals surface area contributed by atoms with Crippen molar-refractivity contribution >= 4 is 15.9 Å². The third kappa shape index (κ3) is 3.04. The van der Waals surface area contributed by atoms with E-state index in [1.165, 1.54) is 4.31 Å². The number of aromatic nitrogens is 4. The molecule has 0 aromatic carbocycles. The predicted octanol–water partition coefficient (Wildman–Crippen LogP) is 0.716. The lowest BCUT2D eigenvalue weighted by molar-refractivity contribution is 0.0696. The number of amides is 1. The number of aryl methyl sites for hydroxylation is 3. The van der Waals surface area contributed by atoms with Gasteiger partial charge in [0.1, 0.15) is 4.90 Å². The molecular formula is C18H26N6O3S. The monoisotopic (exact) mass is 406 g/mol. The first-order valence-electron chi connectivity index (χ1n) is 9.65. The number of fused-ring (bicyclic) bond motifs is 1. The lowest BCUT2D eigenvalue weighted by atomic mass is 10.1. The molecule has 0 unspecified atom stereocenters. The normalized spacial score (nSPS) is 18.3. The Kier molecular flexibility index (Phi) is 4.78. The van der Waals surface area contributed by atoms with Crippen molar-refractivity contribution in [2.45, 2.75) is 44.6 Å². The van der Waals surface area contributed by atoms with E-state index in [1.807, 2.05) is 4.68 Å². The zero-order valence-electron chi connectivity index (χ0n) is 16.6. The Morgan fingerprint density at radius 3 is 2.43 bits per heavy atom. The summed E-state index contributed by atoms with van der Waals surface area (Å²) in [4.78, 5) is 15.0. The number of rotatable bonds is 3. The minimum absolute atomic E-state index is 0.0473. The van der Waals surface area contributed by atoms with Crippen LogP contribution in [-0.4, -0.2) is 69.3 Å². The van der Waals surface area contributed by atoms with Crippen molar-refractivity contribution in [2.75, 3.05) is 26.2 Å². The summed E-state index contributed by atoms with van der Waals surface area (Å²) in [5, 5.41) is 8.57. The van der Waals surface area contributed by atoms with Crippen LogP contribution in [0.5, 0.6) is 0 Å². The molecule has 0 spiro atoms. The van der Waals surface area contributed by atoms with E-state index in [0.717, 1.165) is 31.5 Å². The molecule has 2 aromatic rings. The van der Waals surface area contributed by atoms with E-state index in [2.05, 4.69) is 10.2 Å². The largest absolute Gasteiger partial charge is 0.336 e. The van der Waals surface area contributed by atoms with Crippen LogP contribution in [0.25, 0.3) is 0 Å². The second-order valence-electron chi connectivity index (χ2n) is 7.51. The zero-order valence-corrected chi connectivity index (χ0v) is 17.4. The van der Waals surface area contributed by atoms with Gasteiger partial charge < -0.3 is 4.90 Å². The van der Waals surface area contributed by atoms with Gasteiger partial charge in [0.2, 0.25) is 10.0 Å². The fourth-order valence-electron chi connectivity index (χ4n) is 4.16. The highest BCUT2D eigenvalue weighted by Crippen LogP contribution is 2.25. The molecule has 0 bridgehead atoms. The highest BCUT2D eigenvalue weighted by atomic mass is 32.2. The van der Waals surface area contributed by atoms with Gasteiger partial charge in [-0.1, -0.05) is 0 Å². The van der Waals surface area contributed by atoms with Crippen molar-refractivity contribution in [3.8, 4) is 0 Å². The molecule has 4 rings (SSSR count). The summed E-state index contributed by atoms with van der Waals surface area (Å²) in [7, 11) is -1.88. The summed E-state index contributed by atoms with van der Waals surface area (Å²) in [6, 6.07) is 0. The maximum atomic E-state index is 13.1. The van der Waals surface area contributed by atoms with E-state index in [0.29, 0.717) is 30.0 Å². The van der Waals surface area contributed by atoms with Crippen LogP contribution in [0, 0.1) is 13.8 Å². The molecule has 2 aromatic heterocycles. The van der Waals surface area contributed by atoms with E-state index < -0.39 is 10.0 Å². The molecule has 1 amide bonds. The van der Waals surface area contributed by atoms with Gasteiger partial charge in [-0.05, 0) is 33.1 Å². The first kappa shape index (κ1) is 19.1. The van der Waals surface area contributed by atoms with Crippen LogP contribution in [0.4, 0.5) is 0 Å². The Balaban J connectivity index is 1.49. The topological polar surface area (TPSA) is 93.3 Å². The summed E-state index contributed by atoms with van der Waals surface area (Å²) >= 11 is 0. The van der Waals surface area contributed by atoms with Crippen molar-refractivity contribution in [1.29, 1.82) is 0 Å². The van der Waals surface area contributed by atoms with Gasteiger partial charge in [-0.25, -0.2) is 8.42 Å². The third-order valence-corrected chi connectivity index (χ3v) is 7.93. The van der Waals surface area contributed by atoms with E-state index in [9.17, 15) is 13.2 Å². The number of hydrogen-bond acceptors (Lipinski definition) is 5. The first-order chi connectivity index (χ1) is 13.3. The second kappa shape index (κ2) is 7.00. The number of carbonyl (C=O) groups is 1. The molecule has 1 fully saturated rings. The number of nitrogens with zero attached hydrogens (tertiary/aromatic N) is 6. The van der Waals surface area contributed by atoms with Crippen LogP contribution in [-0.2, 0) is 30.0 Å². The summed E-state index contributed by atoms with van der Waals surface area (Å²) in [6.45, 7) is 5.65. The smallest absolute Gasteiger partial charge is 0.257 e. The van der Waals surface area contributed by atoms with Crippen molar-refractivity contribution in [3.05, 3.63) is 28.8 Å². The van der Waals surface area contributed by atoms with Gasteiger partial charge in [-0.2, -0.15) is 14.5 Å². The van der Waals surface area contributed by atoms with Crippen molar-refractivity contribution in [3.63, 3.8) is 0 Å². The molecule has 0 radical (unpaired) electrons. The molecule has 9 nitrogen and oxygen atoms in total. The van der Waals surface area contributed by atoms with E-state index >= 15 is 0 Å². The fourth-order valence-corrected chi connectivity index (χ4v) is 5.98. The van der Waals surface area contributed by atoms with Crippen molar-refractivity contribution in [2.24, 2.45) is 7.05 Å². The molecule has 0 N–H and O–H groups in total. The zero-order chi connectivity index (χ0) is 20.1. The van der Waals surface area contributed by atoms with Crippen LogP contribution in [0.2, 0.25) is 0 Å². The SMILES string of the molecule is Cc1nn(C)c(C)c1S(=O)(=O)N1CCN(C(=O)c2cnn3c2CCCC3)CC1. The Morgan fingerprint density at radius 1 is 1.07 bits per heavy atom. The molecule has 28 heavy (non-hydrogen) atoms. The van der Waals surface area contributed by atoms with Gasteiger partial charge in [-0.15, -0.1) is 0 Å². The number of piperazine rings is 1. The Bertz CT molecular complexity index is 1010. The molecular weight excluding hydrogens is 380 g/mol. The summed E-state index contributed by atoms with van der Waals surface area (Å²) < 4.78 is 31.2. The third-order valence-electron chi connectivity index (χ3n) is 5.78. The number of hydrogen-bond donors (Lipinski definition) is 0. The number of carbonyl (C=O) groups excluding carboxylic acids is 1. The summed E-state index contributed by atoms with van der Waals surface area (Å²) in [5.41, 5.74) is 2.80.